The number of nitrogens with zero attached hydrogens (tertiary/aromatic N) is 1. The van der Waals surface area contributed by atoms with Crippen LogP contribution in [0.4, 0.5) is 0 Å². The van der Waals surface area contributed by atoms with Crippen LogP contribution in [0.5, 0.6) is 5.75 Å². The van der Waals surface area contributed by atoms with E-state index < -0.39 is 5.97 Å². The maximum atomic E-state index is 10.7. The highest BCUT2D eigenvalue weighted by molar-refractivity contribution is 6.42. The van der Waals surface area contributed by atoms with Gasteiger partial charge in [-0.05, 0) is 26.2 Å². The van der Waals surface area contributed by atoms with Crippen molar-refractivity contribution in [3.05, 3.63) is 28.2 Å². The molecule has 1 atom stereocenters. The molecule has 1 aromatic rings. The largest absolute Gasteiger partial charge is 0.490 e. The molecule has 6 heteroatoms. The van der Waals surface area contributed by atoms with Crippen LogP contribution in [0.1, 0.15) is 6.42 Å². The Labute approximate surface area is 116 Å². The predicted molar refractivity (Wildman–Crippen MR) is 71.7 cm³/mol. The van der Waals surface area contributed by atoms with E-state index in [1.54, 1.807) is 37.2 Å². The number of ether oxygens (including phenoxy) is 1. The van der Waals surface area contributed by atoms with Gasteiger partial charge in [-0.15, -0.1) is 0 Å². The van der Waals surface area contributed by atoms with Gasteiger partial charge in [0.15, 0.2) is 0 Å². The lowest BCUT2D eigenvalue weighted by atomic mass is 10.2. The van der Waals surface area contributed by atoms with Crippen molar-refractivity contribution in [3.63, 3.8) is 0 Å². The van der Waals surface area contributed by atoms with Crippen molar-refractivity contribution in [3.8, 4) is 5.75 Å². The number of rotatable bonds is 6. The first-order chi connectivity index (χ1) is 8.41. The predicted octanol–water partition coefficient (Wildman–Crippen LogP) is 2.78. The Bertz CT molecular complexity index is 424. The Morgan fingerprint density at radius 1 is 1.44 bits per heavy atom. The molecule has 18 heavy (non-hydrogen) atoms. The highest BCUT2D eigenvalue weighted by Crippen LogP contribution is 2.31. The van der Waals surface area contributed by atoms with Crippen molar-refractivity contribution < 1.29 is 14.6 Å². The number of carboxylic acid groups (broad SMARTS) is 1. The number of aliphatic carboxylic acids is 1. The van der Waals surface area contributed by atoms with E-state index in [9.17, 15) is 4.79 Å². The van der Waals surface area contributed by atoms with Crippen molar-refractivity contribution in [2.24, 2.45) is 0 Å². The van der Waals surface area contributed by atoms with Gasteiger partial charge < -0.3 is 14.7 Å². The Hall–Kier alpha value is -0.970. The number of carboxylic acids is 1. The second-order valence-corrected chi connectivity index (χ2v) is 4.86. The first-order valence-corrected chi connectivity index (χ1v) is 6.12. The van der Waals surface area contributed by atoms with Crippen LogP contribution in [-0.4, -0.2) is 42.7 Å². The third-order valence-electron chi connectivity index (χ3n) is 2.49. The first-order valence-electron chi connectivity index (χ1n) is 5.37. The zero-order chi connectivity index (χ0) is 13.7. The van der Waals surface area contributed by atoms with Crippen molar-refractivity contribution in [1.29, 1.82) is 0 Å². The smallest absolute Gasteiger partial charge is 0.305 e. The average molecular weight is 292 g/mol. The van der Waals surface area contributed by atoms with E-state index in [0.717, 1.165) is 0 Å². The minimum atomic E-state index is -0.866. The molecule has 0 heterocycles. The molecule has 0 spiro atoms. The molecule has 0 bridgehead atoms. The zero-order valence-corrected chi connectivity index (χ0v) is 11.7. The molecule has 1 unspecified atom stereocenters. The summed E-state index contributed by atoms with van der Waals surface area (Å²) in [7, 11) is 3.60. The zero-order valence-electron chi connectivity index (χ0n) is 10.2. The van der Waals surface area contributed by atoms with Crippen LogP contribution in [-0.2, 0) is 4.79 Å². The van der Waals surface area contributed by atoms with Crippen molar-refractivity contribution >= 4 is 29.2 Å². The maximum absolute atomic E-state index is 10.7. The lowest BCUT2D eigenvalue weighted by molar-refractivity contribution is -0.138. The molecular formula is C12H15Cl2NO3. The van der Waals surface area contributed by atoms with Gasteiger partial charge in [0, 0.05) is 0 Å². The van der Waals surface area contributed by atoms with E-state index in [1.807, 2.05) is 0 Å². The van der Waals surface area contributed by atoms with E-state index in [1.165, 1.54) is 0 Å². The Morgan fingerprint density at radius 2 is 2.11 bits per heavy atom. The fourth-order valence-electron chi connectivity index (χ4n) is 1.37. The molecule has 0 saturated carbocycles. The number of hydrogen-bond donors (Lipinski definition) is 1. The summed E-state index contributed by atoms with van der Waals surface area (Å²) >= 11 is 11.8. The van der Waals surface area contributed by atoms with E-state index in [0.29, 0.717) is 15.8 Å². The molecule has 0 aliphatic rings. The molecule has 1 N–H and O–H groups in total. The van der Waals surface area contributed by atoms with Crippen LogP contribution >= 0.6 is 23.2 Å². The molecule has 0 fully saturated rings. The molecule has 0 amide bonds. The summed E-state index contributed by atoms with van der Waals surface area (Å²) < 4.78 is 5.52. The van der Waals surface area contributed by atoms with E-state index in [4.69, 9.17) is 33.0 Å². The van der Waals surface area contributed by atoms with Crippen LogP contribution in [0.25, 0.3) is 0 Å². The molecule has 4 nitrogen and oxygen atoms in total. The van der Waals surface area contributed by atoms with Gasteiger partial charge in [0.25, 0.3) is 0 Å². The van der Waals surface area contributed by atoms with Gasteiger partial charge in [0.2, 0.25) is 0 Å². The third kappa shape index (κ3) is 4.37. The molecule has 0 radical (unpaired) electrons. The Kier molecular flexibility index (Phi) is 5.72. The standard InChI is InChI=1S/C12H15Cl2NO3/c1-15(2)8(6-11(16)17)7-18-10-5-3-4-9(13)12(10)14/h3-5,8H,6-7H2,1-2H3,(H,16,17). The fourth-order valence-corrected chi connectivity index (χ4v) is 1.72. The van der Waals surface area contributed by atoms with Gasteiger partial charge in [-0.2, -0.15) is 0 Å². The summed E-state index contributed by atoms with van der Waals surface area (Å²) in [5.41, 5.74) is 0. The van der Waals surface area contributed by atoms with Crippen LogP contribution in [0.15, 0.2) is 18.2 Å². The molecule has 0 aliphatic heterocycles. The maximum Gasteiger partial charge on any atom is 0.305 e. The molecule has 1 aromatic carbocycles. The summed E-state index contributed by atoms with van der Waals surface area (Å²) in [6.45, 7) is 0.235. The van der Waals surface area contributed by atoms with Crippen molar-refractivity contribution in [2.45, 2.75) is 12.5 Å². The van der Waals surface area contributed by atoms with Crippen LogP contribution in [0.2, 0.25) is 10.0 Å². The van der Waals surface area contributed by atoms with Gasteiger partial charge in [0.05, 0.1) is 17.5 Å². The van der Waals surface area contributed by atoms with Crippen molar-refractivity contribution in [1.82, 2.24) is 4.90 Å². The summed E-state index contributed by atoms with van der Waals surface area (Å²) in [4.78, 5) is 12.5. The van der Waals surface area contributed by atoms with E-state index >= 15 is 0 Å². The summed E-state index contributed by atoms with van der Waals surface area (Å²) in [6, 6.07) is 4.86. The number of benzene rings is 1. The SMILES string of the molecule is CN(C)C(COc1cccc(Cl)c1Cl)CC(=O)O. The molecule has 0 aliphatic carbocycles. The number of carbonyl (C=O) groups is 1. The first kappa shape index (κ1) is 15.1. The minimum absolute atomic E-state index is 0.00514. The van der Waals surface area contributed by atoms with Crippen LogP contribution < -0.4 is 4.74 Å². The number of hydrogen-bond acceptors (Lipinski definition) is 3. The fraction of sp³-hybridized carbons (Fsp3) is 0.417. The molecule has 1 rings (SSSR count). The lowest BCUT2D eigenvalue weighted by Gasteiger charge is -2.23. The quantitative estimate of drug-likeness (QED) is 0.876. The van der Waals surface area contributed by atoms with Gasteiger partial charge in [-0.25, -0.2) is 0 Å². The van der Waals surface area contributed by atoms with Gasteiger partial charge in [0.1, 0.15) is 17.4 Å². The van der Waals surface area contributed by atoms with E-state index in [-0.39, 0.29) is 19.1 Å². The van der Waals surface area contributed by atoms with Gasteiger partial charge >= 0.3 is 5.97 Å². The molecular weight excluding hydrogens is 277 g/mol. The molecule has 100 valence electrons. The second-order valence-electron chi connectivity index (χ2n) is 4.08. The summed E-state index contributed by atoms with van der Waals surface area (Å²) in [6.07, 6.45) is 0.00514. The summed E-state index contributed by atoms with van der Waals surface area (Å²) in [5.74, 6) is -0.407. The average Bonchev–Trinajstić information content (AvgIpc) is 2.28. The number of halogens is 2. The lowest BCUT2D eigenvalue weighted by Crippen LogP contribution is -2.35. The van der Waals surface area contributed by atoms with Gasteiger partial charge in [-0.3, -0.25) is 4.79 Å². The third-order valence-corrected chi connectivity index (χ3v) is 3.29. The highest BCUT2D eigenvalue weighted by Gasteiger charge is 2.17. The monoisotopic (exact) mass is 291 g/mol. The van der Waals surface area contributed by atoms with Crippen LogP contribution in [0, 0.1) is 0 Å². The topological polar surface area (TPSA) is 49.8 Å². The Morgan fingerprint density at radius 3 is 2.67 bits per heavy atom. The highest BCUT2D eigenvalue weighted by atomic mass is 35.5. The van der Waals surface area contributed by atoms with E-state index in [2.05, 4.69) is 0 Å². The van der Waals surface area contributed by atoms with Gasteiger partial charge in [-0.1, -0.05) is 29.3 Å². The molecule has 0 aromatic heterocycles. The Balaban J connectivity index is 2.67. The second kappa shape index (κ2) is 6.83. The summed E-state index contributed by atoms with van der Waals surface area (Å²) in [5, 5.41) is 9.55. The van der Waals surface area contributed by atoms with Crippen molar-refractivity contribution in [2.75, 3.05) is 20.7 Å². The normalized spacial score (nSPS) is 12.5. The van der Waals surface area contributed by atoms with Crippen LogP contribution in [0.3, 0.4) is 0 Å². The number of likely N-dealkylation sites (N-methyl/N-ethyl adjacent to an activating group) is 1. The minimum Gasteiger partial charge on any atom is -0.490 e. The molecule has 0 saturated heterocycles.